The second kappa shape index (κ2) is 12.3. The Hall–Kier alpha value is -3.55. The number of para-hydroxylation sites is 1. The molecule has 0 bridgehead atoms. The fourth-order valence-electron chi connectivity index (χ4n) is 3.02. The predicted octanol–water partition coefficient (Wildman–Crippen LogP) is 2.88. The van der Waals surface area contributed by atoms with E-state index in [-0.39, 0.29) is 0 Å². The van der Waals surface area contributed by atoms with Crippen molar-refractivity contribution in [3.05, 3.63) is 71.8 Å². The minimum absolute atomic E-state index is 0.454. The van der Waals surface area contributed by atoms with E-state index in [4.69, 9.17) is 14.5 Å². The van der Waals surface area contributed by atoms with E-state index in [9.17, 15) is 0 Å². The van der Waals surface area contributed by atoms with Gasteiger partial charge in [0.25, 0.3) is 0 Å². The summed E-state index contributed by atoms with van der Waals surface area (Å²) in [7, 11) is 3.62. The van der Waals surface area contributed by atoms with Crippen molar-refractivity contribution in [1.29, 1.82) is 0 Å². The van der Waals surface area contributed by atoms with Crippen molar-refractivity contribution in [3.63, 3.8) is 0 Å². The molecule has 2 N–H and O–H groups in total. The molecule has 0 atom stereocenters. The molecule has 0 spiro atoms. The third-order valence-corrected chi connectivity index (χ3v) is 5.05. The smallest absolute Gasteiger partial charge is 0.191 e. The molecular formula is C24H32N6O2. The van der Waals surface area contributed by atoms with Crippen LogP contribution in [0.1, 0.15) is 23.6 Å². The van der Waals surface area contributed by atoms with Gasteiger partial charge in [-0.05, 0) is 49.6 Å². The molecule has 2 aromatic carbocycles. The zero-order chi connectivity index (χ0) is 22.6. The molecule has 32 heavy (non-hydrogen) atoms. The number of hydrogen-bond acceptors (Lipinski definition) is 5. The van der Waals surface area contributed by atoms with Crippen molar-refractivity contribution < 1.29 is 9.47 Å². The number of nitrogens with zero attached hydrogens (tertiary/aromatic N) is 4. The number of hydrogen-bond donors (Lipinski definition) is 2. The SMILES string of the molecule is COc1ccc(CCNC(=NCc2nnc(C)n2C)NCCCOc2ccccc2)cc1. The van der Waals surface area contributed by atoms with Crippen molar-refractivity contribution in [3.8, 4) is 11.5 Å². The Balaban J connectivity index is 1.49. The molecule has 8 heteroatoms. The number of ether oxygens (including phenoxy) is 2. The van der Waals surface area contributed by atoms with Gasteiger partial charge in [0, 0.05) is 20.1 Å². The molecule has 0 aliphatic rings. The third kappa shape index (κ3) is 7.30. The maximum absolute atomic E-state index is 5.76. The van der Waals surface area contributed by atoms with Crippen LogP contribution in [0.4, 0.5) is 0 Å². The molecule has 0 unspecified atom stereocenters. The van der Waals surface area contributed by atoms with Crippen molar-refractivity contribution in [2.24, 2.45) is 12.0 Å². The van der Waals surface area contributed by atoms with Gasteiger partial charge in [-0.2, -0.15) is 0 Å². The summed E-state index contributed by atoms with van der Waals surface area (Å²) in [6.07, 6.45) is 1.74. The zero-order valence-corrected chi connectivity index (χ0v) is 19.0. The van der Waals surface area contributed by atoms with Gasteiger partial charge in [0.15, 0.2) is 11.8 Å². The molecule has 0 aliphatic heterocycles. The summed E-state index contributed by atoms with van der Waals surface area (Å²) in [6.45, 7) is 4.53. The highest BCUT2D eigenvalue weighted by molar-refractivity contribution is 5.79. The number of aryl methyl sites for hydroxylation is 1. The molecule has 0 fully saturated rings. The van der Waals surface area contributed by atoms with Gasteiger partial charge in [-0.1, -0.05) is 30.3 Å². The summed E-state index contributed by atoms with van der Waals surface area (Å²) < 4.78 is 12.9. The molecule has 1 heterocycles. The quantitative estimate of drug-likeness (QED) is 0.273. The van der Waals surface area contributed by atoms with Crippen LogP contribution in [0.2, 0.25) is 0 Å². The molecule has 0 saturated heterocycles. The molecule has 1 aromatic heterocycles. The average molecular weight is 437 g/mol. The highest BCUT2D eigenvalue weighted by Crippen LogP contribution is 2.11. The van der Waals surface area contributed by atoms with Crippen LogP contribution in [0.3, 0.4) is 0 Å². The largest absolute Gasteiger partial charge is 0.497 e. The van der Waals surface area contributed by atoms with E-state index in [1.807, 2.05) is 61.0 Å². The summed E-state index contributed by atoms with van der Waals surface area (Å²) in [5.41, 5.74) is 1.23. The van der Waals surface area contributed by atoms with Crippen molar-refractivity contribution in [2.75, 3.05) is 26.8 Å². The van der Waals surface area contributed by atoms with Crippen LogP contribution in [0.5, 0.6) is 11.5 Å². The first-order valence-corrected chi connectivity index (χ1v) is 10.8. The summed E-state index contributed by atoms with van der Waals surface area (Å²) in [4.78, 5) is 4.69. The van der Waals surface area contributed by atoms with Crippen LogP contribution in [0, 0.1) is 6.92 Å². The lowest BCUT2D eigenvalue weighted by Gasteiger charge is -2.13. The first-order valence-electron chi connectivity index (χ1n) is 10.8. The molecule has 3 rings (SSSR count). The van der Waals surface area contributed by atoms with Crippen LogP contribution in [-0.4, -0.2) is 47.5 Å². The lowest BCUT2D eigenvalue weighted by Crippen LogP contribution is -2.39. The van der Waals surface area contributed by atoms with Gasteiger partial charge in [-0.25, -0.2) is 4.99 Å². The van der Waals surface area contributed by atoms with E-state index in [1.54, 1.807) is 7.11 Å². The molecule has 8 nitrogen and oxygen atoms in total. The number of rotatable bonds is 11. The van der Waals surface area contributed by atoms with Gasteiger partial charge in [-0.3, -0.25) is 0 Å². The molecule has 170 valence electrons. The normalized spacial score (nSPS) is 11.3. The standard InChI is InChI=1S/C24H32N6O2/c1-19-28-29-23(30(19)2)18-27-24(25-15-7-17-32-22-8-5-4-6-9-22)26-16-14-20-10-12-21(31-3)13-11-20/h4-6,8-13H,7,14-18H2,1-3H3,(H2,25,26,27). The number of guanidine groups is 1. The zero-order valence-electron chi connectivity index (χ0n) is 19.0. The maximum atomic E-state index is 5.76. The number of nitrogens with one attached hydrogen (secondary N) is 2. The fraction of sp³-hybridized carbons (Fsp3) is 0.375. The highest BCUT2D eigenvalue weighted by atomic mass is 16.5. The molecule has 3 aromatic rings. The summed E-state index contributed by atoms with van der Waals surface area (Å²) in [6, 6.07) is 18.0. The molecule has 0 aliphatic carbocycles. The molecule has 0 radical (unpaired) electrons. The fourth-order valence-corrected chi connectivity index (χ4v) is 3.02. The Morgan fingerprint density at radius 2 is 1.72 bits per heavy atom. The minimum atomic E-state index is 0.454. The van der Waals surface area contributed by atoms with E-state index in [1.165, 1.54) is 5.56 Å². The van der Waals surface area contributed by atoms with Gasteiger partial charge in [0.1, 0.15) is 23.9 Å². The number of methoxy groups -OCH3 is 1. The summed E-state index contributed by atoms with van der Waals surface area (Å²) in [5, 5.41) is 15.1. The van der Waals surface area contributed by atoms with Crippen LogP contribution in [0.25, 0.3) is 0 Å². The van der Waals surface area contributed by atoms with E-state index >= 15 is 0 Å². The van der Waals surface area contributed by atoms with E-state index in [2.05, 4.69) is 33.0 Å². The topological polar surface area (TPSA) is 85.6 Å². The van der Waals surface area contributed by atoms with Gasteiger partial charge in [0.2, 0.25) is 0 Å². The van der Waals surface area contributed by atoms with E-state index < -0.39 is 0 Å². The Morgan fingerprint density at radius 1 is 0.969 bits per heavy atom. The highest BCUT2D eigenvalue weighted by Gasteiger charge is 2.05. The van der Waals surface area contributed by atoms with Crippen LogP contribution in [0.15, 0.2) is 59.6 Å². The van der Waals surface area contributed by atoms with Gasteiger partial charge in [-0.15, -0.1) is 10.2 Å². The number of aliphatic imine (C=N–C) groups is 1. The first kappa shape index (κ1) is 23.1. The Morgan fingerprint density at radius 3 is 2.41 bits per heavy atom. The molecular weight excluding hydrogens is 404 g/mol. The monoisotopic (exact) mass is 436 g/mol. The lowest BCUT2D eigenvalue weighted by atomic mass is 10.1. The van der Waals surface area contributed by atoms with Crippen molar-refractivity contribution in [1.82, 2.24) is 25.4 Å². The Labute approximate surface area is 189 Å². The van der Waals surface area contributed by atoms with E-state index in [0.717, 1.165) is 55.0 Å². The number of benzene rings is 2. The van der Waals surface area contributed by atoms with Gasteiger partial charge >= 0.3 is 0 Å². The van der Waals surface area contributed by atoms with E-state index in [0.29, 0.717) is 13.2 Å². The average Bonchev–Trinajstić information content (AvgIpc) is 3.15. The molecule has 0 saturated carbocycles. The predicted molar refractivity (Wildman–Crippen MR) is 126 cm³/mol. The van der Waals surface area contributed by atoms with Crippen molar-refractivity contribution >= 4 is 5.96 Å². The Kier molecular flexibility index (Phi) is 8.92. The maximum Gasteiger partial charge on any atom is 0.191 e. The van der Waals surface area contributed by atoms with Crippen molar-refractivity contribution in [2.45, 2.75) is 26.3 Å². The van der Waals surface area contributed by atoms with Crippen LogP contribution >= 0.6 is 0 Å². The second-order valence-corrected chi connectivity index (χ2v) is 7.35. The second-order valence-electron chi connectivity index (χ2n) is 7.35. The van der Waals surface area contributed by atoms with Gasteiger partial charge in [0.05, 0.1) is 13.7 Å². The first-order chi connectivity index (χ1) is 15.7. The van der Waals surface area contributed by atoms with Gasteiger partial charge < -0.3 is 24.7 Å². The lowest BCUT2D eigenvalue weighted by molar-refractivity contribution is 0.311. The minimum Gasteiger partial charge on any atom is -0.497 e. The Bertz CT molecular complexity index is 970. The summed E-state index contributed by atoms with van der Waals surface area (Å²) in [5.74, 6) is 4.19. The van der Waals surface area contributed by atoms with Crippen LogP contribution < -0.4 is 20.1 Å². The summed E-state index contributed by atoms with van der Waals surface area (Å²) >= 11 is 0. The van der Waals surface area contributed by atoms with Crippen LogP contribution in [-0.2, 0) is 20.0 Å². The number of aromatic nitrogens is 3. The molecule has 0 amide bonds. The third-order valence-electron chi connectivity index (χ3n) is 5.05.